The van der Waals surface area contributed by atoms with Gasteiger partial charge in [-0.15, -0.1) is 0 Å². The highest BCUT2D eigenvalue weighted by Gasteiger charge is 2.40. The minimum Gasteiger partial charge on any atom is -0.497 e. The van der Waals surface area contributed by atoms with E-state index in [4.69, 9.17) is 14.2 Å². The fourth-order valence-electron chi connectivity index (χ4n) is 5.50. The van der Waals surface area contributed by atoms with Gasteiger partial charge in [0, 0.05) is 48.6 Å². The Morgan fingerprint density at radius 2 is 1.57 bits per heavy atom. The monoisotopic (exact) mass is 646 g/mol. The molecule has 1 aromatic heterocycles. The average Bonchev–Trinajstić information content (AvgIpc) is 3.03. The van der Waals surface area contributed by atoms with E-state index in [-0.39, 0.29) is 37.4 Å². The Hall–Kier alpha value is -4.81. The standard InChI is InChI=1S/C33H28F6N2O5/c1-44-26-8-7-20(29(17-26)45-2)14-25-16-27(46-31(43)22-11-19-5-3-4-6-28(19)40-18-22)9-10-41(25)30(42)21-12-23(32(34,35)36)15-24(13-21)33(37,38)39/h3-8,11-13,15,17-18,25,27H,9-10,14,16H2,1-2H3/t25-,27+/m1/s1. The summed E-state index contributed by atoms with van der Waals surface area (Å²) in [5, 5.41) is 0.723. The molecule has 242 valence electrons. The molecule has 1 saturated heterocycles. The number of methoxy groups -OCH3 is 2. The van der Waals surface area contributed by atoms with E-state index in [2.05, 4.69) is 4.98 Å². The van der Waals surface area contributed by atoms with Crippen LogP contribution >= 0.6 is 0 Å². The highest BCUT2D eigenvalue weighted by atomic mass is 19.4. The number of hydrogen-bond donors (Lipinski definition) is 0. The third-order valence-corrected chi connectivity index (χ3v) is 7.81. The number of alkyl halides is 6. The molecule has 2 heterocycles. The Balaban J connectivity index is 1.46. The Bertz CT molecular complexity index is 1720. The van der Waals surface area contributed by atoms with Crippen molar-refractivity contribution in [1.29, 1.82) is 0 Å². The van der Waals surface area contributed by atoms with E-state index in [9.17, 15) is 35.9 Å². The number of pyridine rings is 1. The topological polar surface area (TPSA) is 78.0 Å². The minimum atomic E-state index is -5.12. The Kier molecular flexibility index (Phi) is 9.13. The van der Waals surface area contributed by atoms with Gasteiger partial charge < -0.3 is 19.1 Å². The first-order chi connectivity index (χ1) is 21.8. The number of para-hydroxylation sites is 1. The first-order valence-electron chi connectivity index (χ1n) is 14.1. The SMILES string of the molecule is COc1ccc(C[C@@H]2C[C@@H](OC(=O)c3cnc4ccccc4c3)CCN2C(=O)c2cc(C(F)(F)F)cc(C(F)(F)F)c2)c(OC)c1. The molecule has 0 aliphatic carbocycles. The van der Waals surface area contributed by atoms with Gasteiger partial charge in [-0.2, -0.15) is 26.3 Å². The van der Waals surface area contributed by atoms with Crippen LogP contribution in [0.1, 0.15) is 50.2 Å². The second kappa shape index (κ2) is 12.9. The number of amides is 1. The zero-order valence-corrected chi connectivity index (χ0v) is 24.6. The van der Waals surface area contributed by atoms with Gasteiger partial charge >= 0.3 is 18.3 Å². The summed E-state index contributed by atoms with van der Waals surface area (Å²) in [6, 6.07) is 13.8. The molecule has 0 N–H and O–H groups in total. The van der Waals surface area contributed by atoms with Crippen LogP contribution in [0, 0.1) is 0 Å². The molecular formula is C33H28F6N2O5. The normalized spacial score (nSPS) is 17.1. The van der Waals surface area contributed by atoms with Gasteiger partial charge in [0.15, 0.2) is 0 Å². The number of esters is 1. The molecule has 1 aliphatic heterocycles. The van der Waals surface area contributed by atoms with Crippen LogP contribution in [-0.2, 0) is 23.5 Å². The van der Waals surface area contributed by atoms with Crippen LogP contribution in [0.5, 0.6) is 11.5 Å². The first kappa shape index (κ1) is 32.6. The van der Waals surface area contributed by atoms with Gasteiger partial charge in [-0.05, 0) is 48.4 Å². The van der Waals surface area contributed by atoms with Crippen LogP contribution in [0.15, 0.2) is 72.9 Å². The highest BCUT2D eigenvalue weighted by molar-refractivity contribution is 5.95. The molecular weight excluding hydrogens is 618 g/mol. The zero-order valence-electron chi connectivity index (χ0n) is 24.6. The summed E-state index contributed by atoms with van der Waals surface area (Å²) in [4.78, 5) is 32.3. The number of likely N-dealkylation sites (tertiary alicyclic amines) is 1. The summed E-state index contributed by atoms with van der Waals surface area (Å²) < 4.78 is 98.0. The summed E-state index contributed by atoms with van der Waals surface area (Å²) in [5.74, 6) is -0.794. The second-order valence-corrected chi connectivity index (χ2v) is 10.8. The molecule has 46 heavy (non-hydrogen) atoms. The van der Waals surface area contributed by atoms with Gasteiger partial charge in [-0.3, -0.25) is 9.78 Å². The van der Waals surface area contributed by atoms with Crippen molar-refractivity contribution in [2.75, 3.05) is 20.8 Å². The molecule has 13 heteroatoms. The number of halogens is 6. The van der Waals surface area contributed by atoms with Crippen LogP contribution in [-0.4, -0.2) is 54.7 Å². The predicted octanol–water partition coefficient (Wildman–Crippen LogP) is 7.36. The number of nitrogens with zero attached hydrogens (tertiary/aromatic N) is 2. The lowest BCUT2D eigenvalue weighted by atomic mass is 9.92. The van der Waals surface area contributed by atoms with E-state index in [0.29, 0.717) is 34.7 Å². The molecule has 0 saturated carbocycles. The van der Waals surface area contributed by atoms with E-state index in [1.54, 1.807) is 42.5 Å². The quantitative estimate of drug-likeness (QED) is 0.154. The van der Waals surface area contributed by atoms with Crippen molar-refractivity contribution in [2.45, 2.75) is 43.8 Å². The van der Waals surface area contributed by atoms with E-state index in [1.807, 2.05) is 6.07 Å². The van der Waals surface area contributed by atoms with Crippen molar-refractivity contribution in [1.82, 2.24) is 9.88 Å². The van der Waals surface area contributed by atoms with E-state index >= 15 is 0 Å². The molecule has 2 atom stereocenters. The number of benzene rings is 3. The molecule has 0 spiro atoms. The maximum atomic E-state index is 13.7. The summed E-state index contributed by atoms with van der Waals surface area (Å²) in [5.41, 5.74) is -2.46. The maximum Gasteiger partial charge on any atom is 0.416 e. The number of hydrogen-bond acceptors (Lipinski definition) is 6. The smallest absolute Gasteiger partial charge is 0.416 e. The second-order valence-electron chi connectivity index (χ2n) is 10.8. The van der Waals surface area contributed by atoms with Crippen molar-refractivity contribution in [3.05, 3.63) is 101 Å². The minimum absolute atomic E-state index is 0.0240. The summed E-state index contributed by atoms with van der Waals surface area (Å²) in [6.07, 6.45) is -9.33. The molecule has 7 nitrogen and oxygen atoms in total. The van der Waals surface area contributed by atoms with Crippen molar-refractivity contribution in [3.8, 4) is 11.5 Å². The summed E-state index contributed by atoms with van der Waals surface area (Å²) in [7, 11) is 2.88. The first-order valence-corrected chi connectivity index (χ1v) is 14.1. The number of piperidine rings is 1. The van der Waals surface area contributed by atoms with Crippen LogP contribution in [0.25, 0.3) is 10.9 Å². The van der Waals surface area contributed by atoms with Gasteiger partial charge in [0.25, 0.3) is 5.91 Å². The fraction of sp³-hybridized carbons (Fsp3) is 0.303. The summed E-state index contributed by atoms with van der Waals surface area (Å²) >= 11 is 0. The zero-order chi connectivity index (χ0) is 33.2. The Morgan fingerprint density at radius 1 is 0.870 bits per heavy atom. The lowest BCUT2D eigenvalue weighted by Gasteiger charge is -2.39. The highest BCUT2D eigenvalue weighted by Crippen LogP contribution is 2.38. The molecule has 0 radical (unpaired) electrons. The maximum absolute atomic E-state index is 13.7. The van der Waals surface area contributed by atoms with Crippen molar-refractivity contribution >= 4 is 22.8 Å². The van der Waals surface area contributed by atoms with Gasteiger partial charge in [-0.25, -0.2) is 4.79 Å². The van der Waals surface area contributed by atoms with Gasteiger partial charge in [0.1, 0.15) is 17.6 Å². The Labute approximate surface area is 259 Å². The molecule has 1 aliphatic rings. The van der Waals surface area contributed by atoms with E-state index in [0.717, 1.165) is 5.39 Å². The number of carbonyl (C=O) groups excluding carboxylic acids is 2. The lowest BCUT2D eigenvalue weighted by molar-refractivity contribution is -0.143. The third-order valence-electron chi connectivity index (χ3n) is 7.81. The molecule has 1 fully saturated rings. The molecule has 4 aromatic rings. The van der Waals surface area contributed by atoms with Crippen LogP contribution in [0.2, 0.25) is 0 Å². The number of fused-ring (bicyclic) bond motifs is 1. The fourth-order valence-corrected chi connectivity index (χ4v) is 5.50. The molecule has 0 bridgehead atoms. The molecule has 5 rings (SSSR count). The number of ether oxygens (including phenoxy) is 3. The number of carbonyl (C=O) groups is 2. The van der Waals surface area contributed by atoms with Crippen LogP contribution < -0.4 is 9.47 Å². The molecule has 0 unspecified atom stereocenters. The summed E-state index contributed by atoms with van der Waals surface area (Å²) in [6.45, 7) is -0.104. The third kappa shape index (κ3) is 7.19. The van der Waals surface area contributed by atoms with Crippen molar-refractivity contribution in [2.24, 2.45) is 0 Å². The predicted molar refractivity (Wildman–Crippen MR) is 155 cm³/mol. The van der Waals surface area contributed by atoms with E-state index < -0.39 is 53.1 Å². The van der Waals surface area contributed by atoms with Gasteiger partial charge in [0.05, 0.1) is 36.4 Å². The number of rotatable bonds is 7. The van der Waals surface area contributed by atoms with E-state index in [1.165, 1.54) is 25.3 Å². The molecule has 1 amide bonds. The van der Waals surface area contributed by atoms with Crippen LogP contribution in [0.3, 0.4) is 0 Å². The van der Waals surface area contributed by atoms with Crippen molar-refractivity contribution in [3.63, 3.8) is 0 Å². The largest absolute Gasteiger partial charge is 0.497 e. The molecule has 3 aromatic carbocycles. The Morgan fingerprint density at radius 3 is 2.22 bits per heavy atom. The van der Waals surface area contributed by atoms with Gasteiger partial charge in [0.2, 0.25) is 0 Å². The lowest BCUT2D eigenvalue weighted by Crippen LogP contribution is -2.49. The van der Waals surface area contributed by atoms with Crippen LogP contribution in [0.4, 0.5) is 26.3 Å². The number of aromatic nitrogens is 1. The van der Waals surface area contributed by atoms with Crippen molar-refractivity contribution < 1.29 is 50.1 Å². The van der Waals surface area contributed by atoms with Gasteiger partial charge in [-0.1, -0.05) is 24.3 Å². The average molecular weight is 647 g/mol.